The van der Waals surface area contributed by atoms with Gasteiger partial charge in [-0.15, -0.1) is 0 Å². The molecule has 0 unspecified atom stereocenters. The standard InChI is InChI=1S/C19H17F3N2O2/c1-12(25)24-9-8-14-10-15(4-7-17(14)24)18(26)23-11-13-2-5-16(6-3-13)19(20,21)22/h2-7,10H,8-9,11H2,1H3,(H,23,26). The van der Waals surface area contributed by atoms with Gasteiger partial charge in [-0.05, 0) is 47.9 Å². The van der Waals surface area contributed by atoms with Crippen molar-refractivity contribution in [3.05, 3.63) is 64.7 Å². The molecule has 0 saturated heterocycles. The molecule has 0 spiro atoms. The Morgan fingerprint density at radius 2 is 1.81 bits per heavy atom. The molecular formula is C19H17F3N2O2. The highest BCUT2D eigenvalue weighted by atomic mass is 19.4. The van der Waals surface area contributed by atoms with E-state index in [-0.39, 0.29) is 18.4 Å². The predicted molar refractivity (Wildman–Crippen MR) is 90.8 cm³/mol. The molecule has 1 N–H and O–H groups in total. The number of anilines is 1. The number of benzene rings is 2. The molecule has 4 nitrogen and oxygen atoms in total. The molecule has 2 amide bonds. The second-order valence-electron chi connectivity index (χ2n) is 6.14. The van der Waals surface area contributed by atoms with E-state index in [1.165, 1.54) is 19.1 Å². The Hall–Kier alpha value is -2.83. The van der Waals surface area contributed by atoms with Crippen molar-refractivity contribution in [3.8, 4) is 0 Å². The number of alkyl halides is 3. The van der Waals surface area contributed by atoms with Crippen molar-refractivity contribution in [2.24, 2.45) is 0 Å². The maximum atomic E-state index is 12.5. The van der Waals surface area contributed by atoms with Crippen LogP contribution in [0.15, 0.2) is 42.5 Å². The van der Waals surface area contributed by atoms with Crippen LogP contribution in [0.1, 0.15) is 34.0 Å². The molecule has 1 aliphatic rings. The molecule has 0 aliphatic carbocycles. The lowest BCUT2D eigenvalue weighted by Crippen LogP contribution is -2.26. The third-order valence-corrected chi connectivity index (χ3v) is 4.35. The number of nitrogens with zero attached hydrogens (tertiary/aromatic N) is 1. The molecule has 0 radical (unpaired) electrons. The number of halogens is 3. The van der Waals surface area contributed by atoms with Gasteiger partial charge in [-0.25, -0.2) is 0 Å². The molecular weight excluding hydrogens is 345 g/mol. The second-order valence-corrected chi connectivity index (χ2v) is 6.14. The van der Waals surface area contributed by atoms with Crippen molar-refractivity contribution >= 4 is 17.5 Å². The summed E-state index contributed by atoms with van der Waals surface area (Å²) in [7, 11) is 0. The minimum absolute atomic E-state index is 0.0387. The lowest BCUT2D eigenvalue weighted by atomic mass is 10.1. The smallest absolute Gasteiger partial charge is 0.348 e. The number of hydrogen-bond acceptors (Lipinski definition) is 2. The number of rotatable bonds is 3. The normalized spacial score (nSPS) is 13.5. The van der Waals surface area contributed by atoms with E-state index < -0.39 is 11.7 Å². The number of hydrogen-bond donors (Lipinski definition) is 1. The van der Waals surface area contributed by atoms with Gasteiger partial charge in [0, 0.05) is 31.3 Å². The first-order valence-corrected chi connectivity index (χ1v) is 8.11. The molecule has 1 aliphatic heterocycles. The van der Waals surface area contributed by atoms with E-state index in [9.17, 15) is 22.8 Å². The molecule has 3 rings (SSSR count). The quantitative estimate of drug-likeness (QED) is 0.908. The summed E-state index contributed by atoms with van der Waals surface area (Å²) in [6, 6.07) is 9.81. The highest BCUT2D eigenvalue weighted by molar-refractivity contribution is 5.97. The summed E-state index contributed by atoms with van der Waals surface area (Å²) in [5.74, 6) is -0.350. The fraction of sp³-hybridized carbons (Fsp3) is 0.263. The van der Waals surface area contributed by atoms with Gasteiger partial charge in [0.15, 0.2) is 0 Å². The van der Waals surface area contributed by atoms with Gasteiger partial charge >= 0.3 is 6.18 Å². The molecule has 0 aromatic heterocycles. The average Bonchev–Trinajstić information content (AvgIpc) is 3.02. The fourth-order valence-corrected chi connectivity index (χ4v) is 2.97. The van der Waals surface area contributed by atoms with Gasteiger partial charge < -0.3 is 10.2 Å². The Bertz CT molecular complexity index is 845. The van der Waals surface area contributed by atoms with Crippen molar-refractivity contribution in [1.29, 1.82) is 0 Å². The van der Waals surface area contributed by atoms with E-state index in [2.05, 4.69) is 5.32 Å². The SMILES string of the molecule is CC(=O)N1CCc2cc(C(=O)NCc3ccc(C(F)(F)F)cc3)ccc21. The summed E-state index contributed by atoms with van der Waals surface area (Å²) in [4.78, 5) is 25.5. The number of carbonyl (C=O) groups excluding carboxylic acids is 2. The average molecular weight is 362 g/mol. The fourth-order valence-electron chi connectivity index (χ4n) is 2.97. The van der Waals surface area contributed by atoms with Crippen LogP contribution >= 0.6 is 0 Å². The van der Waals surface area contributed by atoms with Gasteiger partial charge in [-0.3, -0.25) is 9.59 Å². The van der Waals surface area contributed by atoms with E-state index in [0.29, 0.717) is 24.1 Å². The second kappa shape index (κ2) is 6.82. The largest absolute Gasteiger partial charge is 0.416 e. The molecule has 0 atom stereocenters. The number of nitrogens with one attached hydrogen (secondary N) is 1. The van der Waals surface area contributed by atoms with Crippen LogP contribution in [0.2, 0.25) is 0 Å². The van der Waals surface area contributed by atoms with Crippen molar-refractivity contribution in [3.63, 3.8) is 0 Å². The van der Waals surface area contributed by atoms with Crippen molar-refractivity contribution in [1.82, 2.24) is 5.32 Å². The Morgan fingerprint density at radius 3 is 2.42 bits per heavy atom. The maximum Gasteiger partial charge on any atom is 0.416 e. The number of fused-ring (bicyclic) bond motifs is 1. The van der Waals surface area contributed by atoms with E-state index >= 15 is 0 Å². The Kier molecular flexibility index (Phi) is 4.71. The topological polar surface area (TPSA) is 49.4 Å². The highest BCUT2D eigenvalue weighted by Gasteiger charge is 2.30. The molecule has 26 heavy (non-hydrogen) atoms. The van der Waals surface area contributed by atoms with Gasteiger partial charge in [-0.2, -0.15) is 13.2 Å². The summed E-state index contributed by atoms with van der Waals surface area (Å²) in [6.45, 7) is 2.23. The lowest BCUT2D eigenvalue weighted by molar-refractivity contribution is -0.137. The van der Waals surface area contributed by atoms with E-state index in [1.807, 2.05) is 0 Å². The highest BCUT2D eigenvalue weighted by Crippen LogP contribution is 2.30. The van der Waals surface area contributed by atoms with Gasteiger partial charge in [-0.1, -0.05) is 12.1 Å². The van der Waals surface area contributed by atoms with E-state index in [1.54, 1.807) is 23.1 Å². The van der Waals surface area contributed by atoms with E-state index in [0.717, 1.165) is 23.4 Å². The summed E-state index contributed by atoms with van der Waals surface area (Å²) in [6.07, 6.45) is -3.69. The third-order valence-electron chi connectivity index (χ3n) is 4.35. The van der Waals surface area contributed by atoms with Crippen LogP contribution in [-0.4, -0.2) is 18.4 Å². The van der Waals surface area contributed by atoms with Crippen molar-refractivity contribution in [2.75, 3.05) is 11.4 Å². The molecule has 0 fully saturated rings. The van der Waals surface area contributed by atoms with Crippen LogP contribution in [0.5, 0.6) is 0 Å². The summed E-state index contributed by atoms with van der Waals surface area (Å²) in [5.41, 5.74) is 2.07. The molecule has 1 heterocycles. The summed E-state index contributed by atoms with van der Waals surface area (Å²) < 4.78 is 37.6. The van der Waals surface area contributed by atoms with Crippen LogP contribution in [0.3, 0.4) is 0 Å². The predicted octanol–water partition coefficient (Wildman–Crippen LogP) is 3.54. The summed E-state index contributed by atoms with van der Waals surface area (Å²) >= 11 is 0. The minimum atomic E-state index is -4.38. The van der Waals surface area contributed by atoms with Crippen LogP contribution in [-0.2, 0) is 23.9 Å². The van der Waals surface area contributed by atoms with Crippen molar-refractivity contribution in [2.45, 2.75) is 26.1 Å². The van der Waals surface area contributed by atoms with Gasteiger partial charge in [0.1, 0.15) is 0 Å². The zero-order valence-electron chi connectivity index (χ0n) is 14.1. The minimum Gasteiger partial charge on any atom is -0.348 e. The van der Waals surface area contributed by atoms with E-state index in [4.69, 9.17) is 0 Å². The molecule has 2 aromatic rings. The Morgan fingerprint density at radius 1 is 1.12 bits per heavy atom. The number of carbonyl (C=O) groups is 2. The Labute approximate surface area is 148 Å². The number of amides is 2. The first kappa shape index (κ1) is 18.0. The Balaban J connectivity index is 1.65. The zero-order valence-corrected chi connectivity index (χ0v) is 14.1. The van der Waals surface area contributed by atoms with Gasteiger partial charge in [0.05, 0.1) is 5.56 Å². The zero-order chi connectivity index (χ0) is 18.9. The van der Waals surface area contributed by atoms with Crippen LogP contribution in [0.4, 0.5) is 18.9 Å². The molecule has 7 heteroatoms. The summed E-state index contributed by atoms with van der Waals surface area (Å²) in [5, 5.41) is 2.70. The van der Waals surface area contributed by atoms with Crippen molar-refractivity contribution < 1.29 is 22.8 Å². The molecule has 136 valence electrons. The van der Waals surface area contributed by atoms with Crippen LogP contribution < -0.4 is 10.2 Å². The maximum absolute atomic E-state index is 12.5. The third kappa shape index (κ3) is 3.71. The molecule has 0 bridgehead atoms. The van der Waals surface area contributed by atoms with Gasteiger partial charge in [0.25, 0.3) is 5.91 Å². The van der Waals surface area contributed by atoms with Crippen LogP contribution in [0.25, 0.3) is 0 Å². The van der Waals surface area contributed by atoms with Gasteiger partial charge in [0.2, 0.25) is 5.91 Å². The molecule has 2 aromatic carbocycles. The first-order valence-electron chi connectivity index (χ1n) is 8.11. The lowest BCUT2D eigenvalue weighted by Gasteiger charge is -2.14. The molecule has 0 saturated carbocycles. The monoisotopic (exact) mass is 362 g/mol. The van der Waals surface area contributed by atoms with Crippen LogP contribution in [0, 0.1) is 0 Å². The first-order chi connectivity index (χ1) is 12.3.